The third-order valence-corrected chi connectivity index (χ3v) is 9.60. The zero-order chi connectivity index (χ0) is 33.9. The Balaban J connectivity index is 1.70. The molecule has 0 bridgehead atoms. The van der Waals surface area contributed by atoms with Gasteiger partial charge in [0, 0.05) is 69.4 Å². The van der Waals surface area contributed by atoms with E-state index in [2.05, 4.69) is 91.9 Å². The first kappa shape index (κ1) is 35.0. The first-order chi connectivity index (χ1) is 20.4. The molecule has 1 amide bonds. The second-order valence-electron chi connectivity index (χ2n) is 17.6. The van der Waals surface area contributed by atoms with Gasteiger partial charge in [0.25, 0.3) is 0 Å². The van der Waals surface area contributed by atoms with Crippen molar-refractivity contribution in [3.05, 3.63) is 35.3 Å². The van der Waals surface area contributed by atoms with Gasteiger partial charge in [0.15, 0.2) is 0 Å². The Labute approximate surface area is 271 Å². The summed E-state index contributed by atoms with van der Waals surface area (Å²) in [7, 11) is 0. The van der Waals surface area contributed by atoms with Gasteiger partial charge in [-0.3, -0.25) is 19.8 Å². The summed E-state index contributed by atoms with van der Waals surface area (Å²) in [4.78, 5) is 27.6. The smallest absolute Gasteiger partial charge is 0.225 e. The molecular weight excluding hydrogens is 562 g/mol. The number of nitrogens with zero attached hydrogens (tertiary/aromatic N) is 4. The van der Waals surface area contributed by atoms with Crippen molar-refractivity contribution in [3.63, 3.8) is 0 Å². The molecule has 0 aromatic carbocycles. The van der Waals surface area contributed by atoms with Crippen molar-refractivity contribution in [1.29, 1.82) is 5.26 Å². The number of hydrogen-bond donors (Lipinski definition) is 1. The molecule has 0 aromatic heterocycles. The number of amides is 1. The minimum atomic E-state index is -0.758. The molecule has 1 fully saturated rings. The molecule has 1 N–H and O–H groups in total. The average molecular weight is 618 g/mol. The van der Waals surface area contributed by atoms with Gasteiger partial charge in [-0.1, -0.05) is 41.5 Å². The van der Waals surface area contributed by atoms with E-state index in [4.69, 9.17) is 24.5 Å². The molecule has 0 spiro atoms. The molecule has 246 valence electrons. The number of aliphatic imine (C=N–C) groups is 3. The lowest BCUT2D eigenvalue weighted by Gasteiger charge is -2.30. The van der Waals surface area contributed by atoms with Crippen LogP contribution >= 0.6 is 0 Å². The molecule has 8 nitrogen and oxygen atoms in total. The lowest BCUT2D eigenvalue weighted by Crippen LogP contribution is -2.34. The predicted octanol–water partition coefficient (Wildman–Crippen LogP) is 7.67. The molecule has 45 heavy (non-hydrogen) atoms. The summed E-state index contributed by atoms with van der Waals surface area (Å²) in [6.45, 7) is 28.1. The third kappa shape index (κ3) is 7.74. The minimum absolute atomic E-state index is 0.00876. The summed E-state index contributed by atoms with van der Waals surface area (Å²) in [5.74, 6) is 0.00876. The van der Waals surface area contributed by atoms with Crippen molar-refractivity contribution >= 4 is 23.0 Å². The molecule has 4 rings (SSSR count). The van der Waals surface area contributed by atoms with E-state index in [0.29, 0.717) is 26.1 Å². The zero-order valence-corrected chi connectivity index (χ0v) is 30.0. The van der Waals surface area contributed by atoms with Gasteiger partial charge in [-0.25, -0.2) is 0 Å². The number of ether oxygens (including phenoxy) is 2. The van der Waals surface area contributed by atoms with Crippen LogP contribution in [0.5, 0.6) is 0 Å². The van der Waals surface area contributed by atoms with Gasteiger partial charge >= 0.3 is 0 Å². The third-order valence-electron chi connectivity index (χ3n) is 9.60. The monoisotopic (exact) mass is 617 g/mol. The van der Waals surface area contributed by atoms with Crippen LogP contribution in [0.25, 0.3) is 0 Å². The minimum Gasteiger partial charge on any atom is -0.375 e. The van der Waals surface area contributed by atoms with E-state index >= 15 is 0 Å². The number of nitriles is 1. The highest BCUT2D eigenvalue weighted by molar-refractivity contribution is 6.06. The van der Waals surface area contributed by atoms with Gasteiger partial charge in [0.05, 0.1) is 36.2 Å². The number of hydrogen-bond acceptors (Lipinski definition) is 7. The van der Waals surface area contributed by atoms with E-state index in [9.17, 15) is 10.1 Å². The Kier molecular flexibility index (Phi) is 8.87. The van der Waals surface area contributed by atoms with Gasteiger partial charge < -0.3 is 14.8 Å². The molecule has 8 heteroatoms. The largest absolute Gasteiger partial charge is 0.375 e. The Morgan fingerprint density at radius 3 is 1.96 bits per heavy atom. The molecule has 4 heterocycles. The van der Waals surface area contributed by atoms with Gasteiger partial charge in [-0.15, -0.1) is 0 Å². The van der Waals surface area contributed by atoms with Crippen LogP contribution in [0.15, 0.2) is 50.3 Å². The first-order valence-corrected chi connectivity index (χ1v) is 16.3. The highest BCUT2D eigenvalue weighted by atomic mass is 16.5. The molecule has 3 atom stereocenters. The van der Waals surface area contributed by atoms with E-state index in [1.54, 1.807) is 0 Å². The Morgan fingerprint density at radius 2 is 1.40 bits per heavy atom. The standard InChI is InChI=1S/C37H55N5O3/c1-31(2,3)44-22-35(11)19-24(14-26-18-34(9,10)37(13,21-38)42-26)40-29(35)16-27-33(7,8)17-25(39-27)15-28-36(12,20-30(43)41-28)23-45-32(4,5)6/h14-16H,17-20,22-23H2,1-13H3,(H,41,43)/b24-14+,27-16-,28-15-. The fraction of sp³-hybridized carbons (Fsp3) is 0.703. The second kappa shape index (κ2) is 11.4. The van der Waals surface area contributed by atoms with Crippen LogP contribution in [0.1, 0.15) is 116 Å². The zero-order valence-electron chi connectivity index (χ0n) is 30.0. The fourth-order valence-corrected chi connectivity index (χ4v) is 6.17. The maximum Gasteiger partial charge on any atom is 0.225 e. The average Bonchev–Trinajstić information content (AvgIpc) is 3.51. The number of nitrogens with one attached hydrogen (secondary N) is 1. The molecule has 0 radical (unpaired) electrons. The van der Waals surface area contributed by atoms with Crippen molar-refractivity contribution in [2.24, 2.45) is 36.6 Å². The van der Waals surface area contributed by atoms with Crippen molar-refractivity contribution in [1.82, 2.24) is 5.32 Å². The summed E-state index contributed by atoms with van der Waals surface area (Å²) in [6.07, 6.45) is 8.86. The number of carbonyl (C=O) groups is 1. The van der Waals surface area contributed by atoms with Crippen LogP contribution < -0.4 is 5.32 Å². The van der Waals surface area contributed by atoms with Crippen LogP contribution in [-0.2, 0) is 14.3 Å². The van der Waals surface area contributed by atoms with Crippen LogP contribution in [-0.4, -0.2) is 53.0 Å². The molecular formula is C37H55N5O3. The number of allylic oxidation sites excluding steroid dienone is 5. The Bertz CT molecular complexity index is 1470. The summed E-state index contributed by atoms with van der Waals surface area (Å²) < 4.78 is 12.5. The van der Waals surface area contributed by atoms with Crippen molar-refractivity contribution in [2.45, 2.75) is 132 Å². The molecule has 4 aliphatic rings. The van der Waals surface area contributed by atoms with E-state index < -0.39 is 11.0 Å². The van der Waals surface area contributed by atoms with E-state index in [1.165, 1.54) is 0 Å². The summed E-state index contributed by atoms with van der Waals surface area (Å²) >= 11 is 0. The van der Waals surface area contributed by atoms with Crippen molar-refractivity contribution in [3.8, 4) is 6.07 Å². The highest BCUT2D eigenvalue weighted by Gasteiger charge is 2.47. The summed E-state index contributed by atoms with van der Waals surface area (Å²) in [5.41, 5.74) is 2.98. The highest BCUT2D eigenvalue weighted by Crippen LogP contribution is 2.46. The predicted molar refractivity (Wildman–Crippen MR) is 182 cm³/mol. The molecule has 0 saturated carbocycles. The van der Waals surface area contributed by atoms with E-state index in [1.807, 2.05) is 27.7 Å². The lowest BCUT2D eigenvalue weighted by molar-refractivity contribution is -0.120. The van der Waals surface area contributed by atoms with Gasteiger partial charge in [0.1, 0.15) is 5.54 Å². The van der Waals surface area contributed by atoms with E-state index in [-0.39, 0.29) is 33.4 Å². The molecule has 3 unspecified atom stereocenters. The van der Waals surface area contributed by atoms with Gasteiger partial charge in [-0.05, 0) is 73.1 Å². The quantitative estimate of drug-likeness (QED) is 0.316. The van der Waals surface area contributed by atoms with Crippen molar-refractivity contribution in [2.75, 3.05) is 13.2 Å². The van der Waals surface area contributed by atoms with Crippen LogP contribution in [0.2, 0.25) is 0 Å². The second-order valence-corrected chi connectivity index (χ2v) is 17.6. The summed E-state index contributed by atoms with van der Waals surface area (Å²) in [5, 5.41) is 12.9. The van der Waals surface area contributed by atoms with Crippen LogP contribution in [0.3, 0.4) is 0 Å². The number of rotatable bonds is 7. The van der Waals surface area contributed by atoms with E-state index in [0.717, 1.165) is 47.1 Å². The number of carbonyl (C=O) groups excluding carboxylic acids is 1. The molecule has 4 aliphatic heterocycles. The maximum absolute atomic E-state index is 12.5. The summed E-state index contributed by atoms with van der Waals surface area (Å²) in [6, 6.07) is 2.42. The SMILES string of the molecule is CC(C)(C)OCC1(C)C/C(=C\C2=NC(C)(C#N)C(C)(C)C2)N=C1/C=C1N=C(/C=C2\NC(=O)CC2(C)COC(C)(C)C)CC\1(C)C. The first-order valence-electron chi connectivity index (χ1n) is 16.3. The van der Waals surface area contributed by atoms with Gasteiger partial charge in [-0.2, -0.15) is 5.26 Å². The molecule has 0 aliphatic carbocycles. The van der Waals surface area contributed by atoms with Crippen LogP contribution in [0, 0.1) is 33.0 Å². The topological polar surface area (TPSA) is 108 Å². The maximum atomic E-state index is 12.5. The van der Waals surface area contributed by atoms with Gasteiger partial charge in [0.2, 0.25) is 5.91 Å². The fourth-order valence-electron chi connectivity index (χ4n) is 6.17. The Hall–Kier alpha value is -2.89. The molecule has 0 aromatic rings. The molecule has 1 saturated heterocycles. The lowest BCUT2D eigenvalue weighted by atomic mass is 9.74. The normalized spacial score (nSPS) is 33.9. The van der Waals surface area contributed by atoms with Crippen molar-refractivity contribution < 1.29 is 14.3 Å². The van der Waals surface area contributed by atoms with Crippen LogP contribution in [0.4, 0.5) is 0 Å². The Morgan fingerprint density at radius 1 is 0.800 bits per heavy atom.